The molecule has 0 aromatic rings. The van der Waals surface area contributed by atoms with E-state index in [1.807, 2.05) is 0 Å². The number of alkyl halides is 2. The fourth-order valence-electron chi connectivity index (χ4n) is 3.74. The minimum atomic E-state index is 0.540. The van der Waals surface area contributed by atoms with Crippen LogP contribution in [0.15, 0.2) is 0 Å². The lowest BCUT2D eigenvalue weighted by Gasteiger charge is -2.36. The molecule has 1 aliphatic carbocycles. The Balaban J connectivity index is 2.16. The van der Waals surface area contributed by atoms with Crippen molar-refractivity contribution in [3.63, 3.8) is 0 Å². The molecule has 120 valence electrons. The van der Waals surface area contributed by atoms with E-state index in [0.717, 1.165) is 5.92 Å². The molecule has 0 aromatic heterocycles. The molecule has 1 fully saturated rings. The molecular weight excluding hydrogens is 376 g/mol. The minimum Gasteiger partial charge on any atom is -0.0922 e. The Labute approximate surface area is 144 Å². The Kier molecular flexibility index (Phi) is 10.9. The van der Waals surface area contributed by atoms with Crippen LogP contribution >= 0.6 is 31.9 Å². The molecular formula is C18H34Br2. The number of unbranched alkanes of at least 4 members (excludes halogenated alkanes) is 7. The van der Waals surface area contributed by atoms with E-state index >= 15 is 0 Å². The molecule has 0 bridgehead atoms. The van der Waals surface area contributed by atoms with Crippen molar-refractivity contribution in [3.8, 4) is 0 Å². The zero-order chi connectivity index (χ0) is 14.7. The molecule has 0 N–H and O–H groups in total. The lowest BCUT2D eigenvalue weighted by molar-refractivity contribution is 0.209. The number of rotatable bonds is 12. The quantitative estimate of drug-likeness (QED) is 0.231. The van der Waals surface area contributed by atoms with Gasteiger partial charge in [0.25, 0.3) is 0 Å². The van der Waals surface area contributed by atoms with Crippen molar-refractivity contribution < 1.29 is 0 Å². The molecule has 2 heteroatoms. The van der Waals surface area contributed by atoms with Gasteiger partial charge in [0.1, 0.15) is 0 Å². The van der Waals surface area contributed by atoms with Gasteiger partial charge in [0.15, 0.2) is 0 Å². The SMILES string of the molecule is CCCCCCCCCCC(CBr)(CBr)C1CCCC1. The zero-order valence-corrected chi connectivity index (χ0v) is 16.6. The average molecular weight is 410 g/mol. The summed E-state index contributed by atoms with van der Waals surface area (Å²) in [6.45, 7) is 2.29. The fourth-order valence-corrected chi connectivity index (χ4v) is 6.15. The highest BCUT2D eigenvalue weighted by atomic mass is 79.9. The van der Waals surface area contributed by atoms with Crippen molar-refractivity contribution in [1.29, 1.82) is 0 Å². The molecule has 1 rings (SSSR count). The summed E-state index contributed by atoms with van der Waals surface area (Å²) in [5.41, 5.74) is 0.540. The second-order valence-electron chi connectivity index (χ2n) is 6.84. The van der Waals surface area contributed by atoms with Crippen LogP contribution in [-0.4, -0.2) is 10.7 Å². The maximum Gasteiger partial charge on any atom is 0.00986 e. The van der Waals surface area contributed by atoms with Gasteiger partial charge in [-0.25, -0.2) is 0 Å². The van der Waals surface area contributed by atoms with Gasteiger partial charge in [-0.15, -0.1) is 0 Å². The van der Waals surface area contributed by atoms with Crippen molar-refractivity contribution >= 4 is 31.9 Å². The van der Waals surface area contributed by atoms with E-state index in [0.29, 0.717) is 5.41 Å². The van der Waals surface area contributed by atoms with E-state index < -0.39 is 0 Å². The maximum absolute atomic E-state index is 3.82. The van der Waals surface area contributed by atoms with Crippen LogP contribution in [0.1, 0.15) is 90.4 Å². The summed E-state index contributed by atoms with van der Waals surface area (Å²) in [7, 11) is 0. The molecule has 0 heterocycles. The second kappa shape index (κ2) is 11.5. The Morgan fingerprint density at radius 3 is 1.80 bits per heavy atom. The average Bonchev–Trinajstić information content (AvgIpc) is 3.01. The molecule has 0 nitrogen and oxygen atoms in total. The first-order valence-corrected chi connectivity index (χ1v) is 11.2. The van der Waals surface area contributed by atoms with Crippen LogP contribution in [0.25, 0.3) is 0 Å². The van der Waals surface area contributed by atoms with Crippen LogP contribution in [-0.2, 0) is 0 Å². The Hall–Kier alpha value is 0.960. The Bertz CT molecular complexity index is 217. The summed E-state index contributed by atoms with van der Waals surface area (Å²) in [6.07, 6.45) is 18.8. The number of halogens is 2. The van der Waals surface area contributed by atoms with Gasteiger partial charge in [-0.05, 0) is 30.6 Å². The van der Waals surface area contributed by atoms with Crippen molar-refractivity contribution in [1.82, 2.24) is 0 Å². The Morgan fingerprint density at radius 2 is 1.30 bits per heavy atom. The summed E-state index contributed by atoms with van der Waals surface area (Å²) in [6, 6.07) is 0. The highest BCUT2D eigenvalue weighted by molar-refractivity contribution is 9.09. The van der Waals surface area contributed by atoms with Gasteiger partial charge < -0.3 is 0 Å². The molecule has 1 aliphatic rings. The van der Waals surface area contributed by atoms with E-state index in [1.54, 1.807) is 0 Å². The number of hydrogen-bond acceptors (Lipinski definition) is 0. The smallest absolute Gasteiger partial charge is 0.00986 e. The van der Waals surface area contributed by atoms with E-state index in [4.69, 9.17) is 0 Å². The van der Waals surface area contributed by atoms with Crippen LogP contribution in [0.3, 0.4) is 0 Å². The Morgan fingerprint density at radius 1 is 0.800 bits per heavy atom. The van der Waals surface area contributed by atoms with Crippen LogP contribution in [0.2, 0.25) is 0 Å². The molecule has 0 amide bonds. The fraction of sp³-hybridized carbons (Fsp3) is 1.00. The third kappa shape index (κ3) is 6.38. The third-order valence-corrected chi connectivity index (χ3v) is 7.52. The molecule has 1 saturated carbocycles. The third-order valence-electron chi connectivity index (χ3n) is 5.28. The van der Waals surface area contributed by atoms with Crippen LogP contribution in [0.5, 0.6) is 0 Å². The predicted octanol–water partition coefficient (Wildman–Crippen LogP) is 7.48. The van der Waals surface area contributed by atoms with E-state index in [-0.39, 0.29) is 0 Å². The first kappa shape index (κ1) is 19.0. The molecule has 0 aromatic carbocycles. The van der Waals surface area contributed by atoms with Crippen molar-refractivity contribution in [2.45, 2.75) is 90.4 Å². The summed E-state index contributed by atoms with van der Waals surface area (Å²) >= 11 is 7.65. The molecule has 0 radical (unpaired) electrons. The first-order valence-electron chi connectivity index (χ1n) is 8.91. The van der Waals surface area contributed by atoms with Crippen LogP contribution in [0, 0.1) is 11.3 Å². The first-order chi connectivity index (χ1) is 9.79. The monoisotopic (exact) mass is 408 g/mol. The molecule has 0 atom stereocenters. The van der Waals surface area contributed by atoms with Crippen molar-refractivity contribution in [2.24, 2.45) is 11.3 Å². The standard InChI is InChI=1S/C18H34Br2/c1-2-3-4-5-6-7-8-11-14-18(15-19,16-20)17-12-9-10-13-17/h17H,2-16H2,1H3. The van der Waals surface area contributed by atoms with E-state index in [1.165, 1.54) is 94.1 Å². The van der Waals surface area contributed by atoms with Gasteiger partial charge >= 0.3 is 0 Å². The predicted molar refractivity (Wildman–Crippen MR) is 99.2 cm³/mol. The number of hydrogen-bond donors (Lipinski definition) is 0. The lowest BCUT2D eigenvalue weighted by Crippen LogP contribution is -2.32. The minimum absolute atomic E-state index is 0.540. The van der Waals surface area contributed by atoms with Crippen LogP contribution < -0.4 is 0 Å². The van der Waals surface area contributed by atoms with Crippen molar-refractivity contribution in [3.05, 3.63) is 0 Å². The zero-order valence-electron chi connectivity index (χ0n) is 13.4. The highest BCUT2D eigenvalue weighted by Crippen LogP contribution is 2.45. The van der Waals surface area contributed by atoms with Crippen LogP contribution in [0.4, 0.5) is 0 Å². The molecule has 0 unspecified atom stereocenters. The van der Waals surface area contributed by atoms with E-state index in [2.05, 4.69) is 38.8 Å². The van der Waals surface area contributed by atoms with Gasteiger partial charge in [-0.3, -0.25) is 0 Å². The van der Waals surface area contributed by atoms with E-state index in [9.17, 15) is 0 Å². The summed E-state index contributed by atoms with van der Waals surface area (Å²) in [4.78, 5) is 0. The lowest BCUT2D eigenvalue weighted by atomic mass is 9.74. The normalized spacial score (nSPS) is 16.9. The summed E-state index contributed by atoms with van der Waals surface area (Å²) < 4.78 is 0. The highest BCUT2D eigenvalue weighted by Gasteiger charge is 2.37. The van der Waals surface area contributed by atoms with Gasteiger partial charge in [0, 0.05) is 10.7 Å². The molecule has 0 spiro atoms. The second-order valence-corrected chi connectivity index (χ2v) is 7.96. The molecule has 0 aliphatic heterocycles. The summed E-state index contributed by atoms with van der Waals surface area (Å²) in [5.74, 6) is 0.964. The van der Waals surface area contributed by atoms with Gasteiger partial charge in [0.05, 0.1) is 0 Å². The topological polar surface area (TPSA) is 0 Å². The molecule has 20 heavy (non-hydrogen) atoms. The largest absolute Gasteiger partial charge is 0.0922 e. The van der Waals surface area contributed by atoms with Crippen molar-refractivity contribution in [2.75, 3.05) is 10.7 Å². The summed E-state index contributed by atoms with van der Waals surface area (Å²) in [5, 5.41) is 2.37. The van der Waals surface area contributed by atoms with Gasteiger partial charge in [-0.1, -0.05) is 103 Å². The van der Waals surface area contributed by atoms with Gasteiger partial charge in [0.2, 0.25) is 0 Å². The van der Waals surface area contributed by atoms with Gasteiger partial charge in [-0.2, -0.15) is 0 Å². The molecule has 0 saturated heterocycles. The maximum atomic E-state index is 3.82.